The van der Waals surface area contributed by atoms with Crippen LogP contribution in [-0.4, -0.2) is 12.5 Å². The highest BCUT2D eigenvalue weighted by Crippen LogP contribution is 2.20. The number of rotatable bonds is 11. The summed E-state index contributed by atoms with van der Waals surface area (Å²) in [5.74, 6) is 1.25. The lowest BCUT2D eigenvalue weighted by atomic mass is 10.2. The van der Waals surface area contributed by atoms with E-state index in [2.05, 4.69) is 12.2 Å². The molecule has 0 bridgehead atoms. The zero-order chi connectivity index (χ0) is 21.0. The summed E-state index contributed by atoms with van der Waals surface area (Å²) in [6.07, 6.45) is 4.66. The first-order chi connectivity index (χ1) is 14.7. The predicted octanol–water partition coefficient (Wildman–Crippen LogP) is 6.48. The number of benzene rings is 3. The molecule has 0 aliphatic heterocycles. The molecule has 3 aromatic carbocycles. The van der Waals surface area contributed by atoms with Gasteiger partial charge in [0.05, 0.1) is 6.61 Å². The van der Waals surface area contributed by atoms with Gasteiger partial charge in [-0.25, -0.2) is 0 Å². The van der Waals surface area contributed by atoms with Crippen molar-refractivity contribution in [3.05, 3.63) is 90.0 Å². The number of amides is 1. The summed E-state index contributed by atoms with van der Waals surface area (Å²) in [7, 11) is 0. The van der Waals surface area contributed by atoms with Gasteiger partial charge in [0.15, 0.2) is 0 Å². The predicted molar refractivity (Wildman–Crippen MR) is 121 cm³/mol. The van der Waals surface area contributed by atoms with Crippen LogP contribution in [0.5, 0.6) is 11.5 Å². The van der Waals surface area contributed by atoms with Crippen LogP contribution in [0, 0.1) is 0 Å². The van der Waals surface area contributed by atoms with E-state index in [1.165, 1.54) is 19.3 Å². The number of hydrogen-bond acceptors (Lipinski definition) is 3. The summed E-state index contributed by atoms with van der Waals surface area (Å²) in [5, 5.41) is 2.94. The van der Waals surface area contributed by atoms with Gasteiger partial charge in [-0.1, -0.05) is 68.7 Å². The van der Waals surface area contributed by atoms with Crippen LogP contribution >= 0.6 is 0 Å². The Morgan fingerprint density at radius 3 is 2.37 bits per heavy atom. The lowest BCUT2D eigenvalue weighted by Crippen LogP contribution is -2.12. The van der Waals surface area contributed by atoms with Crippen LogP contribution in [0.4, 0.5) is 5.69 Å². The minimum atomic E-state index is -0.180. The van der Waals surface area contributed by atoms with Crippen molar-refractivity contribution in [3.63, 3.8) is 0 Å². The number of carbonyl (C=O) groups excluding carboxylic acids is 1. The van der Waals surface area contributed by atoms with Crippen molar-refractivity contribution < 1.29 is 14.3 Å². The molecule has 3 aromatic rings. The fraction of sp³-hybridized carbons (Fsp3) is 0.269. The number of nitrogens with one attached hydrogen (secondary N) is 1. The maximum atomic E-state index is 12.7. The Balaban J connectivity index is 1.54. The Morgan fingerprint density at radius 2 is 1.57 bits per heavy atom. The molecule has 0 unspecified atom stereocenters. The fourth-order valence-electron chi connectivity index (χ4n) is 3.05. The van der Waals surface area contributed by atoms with Gasteiger partial charge < -0.3 is 14.8 Å². The molecule has 4 heteroatoms. The molecule has 3 rings (SSSR count). The third-order valence-electron chi connectivity index (χ3n) is 4.70. The molecule has 0 saturated heterocycles. The molecule has 0 heterocycles. The molecule has 1 amide bonds. The Kier molecular flexibility index (Phi) is 8.34. The van der Waals surface area contributed by atoms with Gasteiger partial charge in [-0.2, -0.15) is 0 Å². The van der Waals surface area contributed by atoms with Crippen LogP contribution in [0.3, 0.4) is 0 Å². The van der Waals surface area contributed by atoms with Gasteiger partial charge in [-0.15, -0.1) is 0 Å². The summed E-state index contributed by atoms with van der Waals surface area (Å²) in [6.45, 7) is 3.35. The van der Waals surface area contributed by atoms with E-state index < -0.39 is 0 Å². The summed E-state index contributed by atoms with van der Waals surface area (Å²) < 4.78 is 11.6. The Morgan fingerprint density at radius 1 is 0.800 bits per heavy atom. The number of carbonyl (C=O) groups is 1. The van der Waals surface area contributed by atoms with E-state index >= 15 is 0 Å². The summed E-state index contributed by atoms with van der Waals surface area (Å²) in [4.78, 5) is 12.7. The molecular weight excluding hydrogens is 374 g/mol. The van der Waals surface area contributed by atoms with E-state index in [-0.39, 0.29) is 5.91 Å². The van der Waals surface area contributed by atoms with Crippen molar-refractivity contribution in [2.75, 3.05) is 11.9 Å². The lowest BCUT2D eigenvalue weighted by Gasteiger charge is -2.10. The van der Waals surface area contributed by atoms with Crippen LogP contribution in [0.25, 0.3) is 0 Å². The van der Waals surface area contributed by atoms with Crippen molar-refractivity contribution in [2.24, 2.45) is 0 Å². The number of anilines is 1. The van der Waals surface area contributed by atoms with Gasteiger partial charge in [0.2, 0.25) is 0 Å². The van der Waals surface area contributed by atoms with Crippen LogP contribution in [0.2, 0.25) is 0 Å². The largest absolute Gasteiger partial charge is 0.494 e. The van der Waals surface area contributed by atoms with E-state index in [9.17, 15) is 4.79 Å². The molecule has 156 valence electrons. The van der Waals surface area contributed by atoms with E-state index in [1.807, 2.05) is 66.7 Å². The first-order valence-electron chi connectivity index (χ1n) is 10.6. The lowest BCUT2D eigenvalue weighted by molar-refractivity contribution is 0.102. The quantitative estimate of drug-likeness (QED) is 0.373. The summed E-state index contributed by atoms with van der Waals surface area (Å²) in [5.41, 5.74) is 2.34. The topological polar surface area (TPSA) is 47.6 Å². The molecule has 0 radical (unpaired) electrons. The van der Waals surface area contributed by atoms with Crippen LogP contribution in [-0.2, 0) is 6.61 Å². The monoisotopic (exact) mass is 403 g/mol. The highest BCUT2D eigenvalue weighted by Gasteiger charge is 2.08. The van der Waals surface area contributed by atoms with E-state index in [0.29, 0.717) is 30.2 Å². The molecule has 0 aliphatic carbocycles. The third-order valence-corrected chi connectivity index (χ3v) is 4.70. The molecule has 0 aromatic heterocycles. The first-order valence-corrected chi connectivity index (χ1v) is 10.6. The summed E-state index contributed by atoms with van der Waals surface area (Å²) in [6, 6.07) is 24.7. The van der Waals surface area contributed by atoms with Crippen LogP contribution in [0.15, 0.2) is 78.9 Å². The van der Waals surface area contributed by atoms with Crippen molar-refractivity contribution in [3.8, 4) is 11.5 Å². The molecule has 0 spiro atoms. The standard InChI is InChI=1S/C26H29NO3/c1-2-3-4-8-17-29-25-16-10-14-23(19-25)27-26(28)22-13-9-15-24(18-22)30-20-21-11-6-5-7-12-21/h5-7,9-16,18-19H,2-4,8,17,20H2,1H3,(H,27,28). The van der Waals surface area contributed by atoms with Gasteiger partial charge in [-0.3, -0.25) is 4.79 Å². The van der Waals surface area contributed by atoms with E-state index in [4.69, 9.17) is 9.47 Å². The smallest absolute Gasteiger partial charge is 0.255 e. The minimum Gasteiger partial charge on any atom is -0.494 e. The van der Waals surface area contributed by atoms with Crippen molar-refractivity contribution in [2.45, 2.75) is 39.2 Å². The minimum absolute atomic E-state index is 0.180. The highest BCUT2D eigenvalue weighted by molar-refractivity contribution is 6.04. The molecule has 0 aliphatic rings. The first kappa shape index (κ1) is 21.4. The number of unbranched alkanes of at least 4 members (excludes halogenated alkanes) is 3. The Labute approximate surface area is 178 Å². The van der Waals surface area contributed by atoms with Gasteiger partial charge in [0.1, 0.15) is 18.1 Å². The number of hydrogen-bond donors (Lipinski definition) is 1. The van der Waals surface area contributed by atoms with Crippen LogP contribution in [0.1, 0.15) is 48.5 Å². The normalized spacial score (nSPS) is 10.4. The maximum absolute atomic E-state index is 12.7. The molecular formula is C26H29NO3. The highest BCUT2D eigenvalue weighted by atomic mass is 16.5. The molecule has 0 saturated carbocycles. The van der Waals surface area contributed by atoms with Gasteiger partial charge in [-0.05, 0) is 42.3 Å². The second-order valence-corrected chi connectivity index (χ2v) is 7.19. The second kappa shape index (κ2) is 11.7. The molecule has 30 heavy (non-hydrogen) atoms. The molecule has 0 atom stereocenters. The molecule has 4 nitrogen and oxygen atoms in total. The van der Waals surface area contributed by atoms with E-state index in [1.54, 1.807) is 12.1 Å². The Bertz CT molecular complexity index is 924. The zero-order valence-corrected chi connectivity index (χ0v) is 17.5. The number of ether oxygens (including phenoxy) is 2. The SMILES string of the molecule is CCCCCCOc1cccc(NC(=O)c2cccc(OCc3ccccc3)c2)c1. The summed E-state index contributed by atoms with van der Waals surface area (Å²) >= 11 is 0. The van der Waals surface area contributed by atoms with Gasteiger partial charge in [0, 0.05) is 17.3 Å². The van der Waals surface area contributed by atoms with Gasteiger partial charge in [0.25, 0.3) is 5.91 Å². The van der Waals surface area contributed by atoms with Gasteiger partial charge >= 0.3 is 0 Å². The van der Waals surface area contributed by atoms with Crippen LogP contribution < -0.4 is 14.8 Å². The van der Waals surface area contributed by atoms with E-state index in [0.717, 1.165) is 17.7 Å². The average Bonchev–Trinajstić information content (AvgIpc) is 2.79. The maximum Gasteiger partial charge on any atom is 0.255 e. The fourth-order valence-corrected chi connectivity index (χ4v) is 3.05. The third kappa shape index (κ3) is 6.96. The Hall–Kier alpha value is -3.27. The average molecular weight is 404 g/mol. The molecule has 0 fully saturated rings. The van der Waals surface area contributed by atoms with Crippen molar-refractivity contribution >= 4 is 11.6 Å². The zero-order valence-electron chi connectivity index (χ0n) is 17.5. The van der Waals surface area contributed by atoms with Crippen molar-refractivity contribution in [1.29, 1.82) is 0 Å². The van der Waals surface area contributed by atoms with Crippen molar-refractivity contribution in [1.82, 2.24) is 0 Å². The second-order valence-electron chi connectivity index (χ2n) is 7.19. The molecule has 1 N–H and O–H groups in total.